The third-order valence-electron chi connectivity index (χ3n) is 4.15. The van der Waals surface area contributed by atoms with E-state index in [0.29, 0.717) is 5.69 Å². The fourth-order valence-electron chi connectivity index (χ4n) is 2.86. The van der Waals surface area contributed by atoms with Crippen molar-refractivity contribution in [3.63, 3.8) is 0 Å². The summed E-state index contributed by atoms with van der Waals surface area (Å²) in [6, 6.07) is 18.9. The van der Waals surface area contributed by atoms with Crippen LogP contribution in [0.4, 0.5) is 0 Å². The number of hydrogen-bond acceptors (Lipinski definition) is 4. The highest BCUT2D eigenvalue weighted by atomic mass is 16.5. The highest BCUT2D eigenvalue weighted by Gasteiger charge is 2.28. The molecule has 26 heavy (non-hydrogen) atoms. The first-order valence-electron chi connectivity index (χ1n) is 8.11. The molecule has 1 aromatic heterocycles. The molecule has 0 N–H and O–H groups in total. The van der Waals surface area contributed by atoms with E-state index in [2.05, 4.69) is 0 Å². The van der Waals surface area contributed by atoms with Crippen molar-refractivity contribution in [3.8, 4) is 16.9 Å². The van der Waals surface area contributed by atoms with Gasteiger partial charge < -0.3 is 14.0 Å². The van der Waals surface area contributed by atoms with Gasteiger partial charge in [0.05, 0.1) is 25.5 Å². The molecule has 0 aliphatic carbocycles. The molecule has 3 aromatic rings. The largest absolute Gasteiger partial charge is 0.465 e. The molecular weight excluding hydrogens is 330 g/mol. The lowest BCUT2D eigenvalue weighted by Crippen LogP contribution is -2.15. The lowest BCUT2D eigenvalue weighted by molar-refractivity contribution is 0.0549. The van der Waals surface area contributed by atoms with Gasteiger partial charge in [-0.2, -0.15) is 0 Å². The van der Waals surface area contributed by atoms with Gasteiger partial charge in [0, 0.05) is 5.69 Å². The van der Waals surface area contributed by atoms with Crippen LogP contribution in [0, 0.1) is 6.92 Å². The Labute approximate surface area is 151 Å². The molecule has 0 aliphatic rings. The van der Waals surface area contributed by atoms with Crippen molar-refractivity contribution in [2.24, 2.45) is 0 Å². The molecule has 1 heterocycles. The quantitative estimate of drug-likeness (QED) is 0.668. The summed E-state index contributed by atoms with van der Waals surface area (Å²) in [6.45, 7) is 1.98. The average Bonchev–Trinajstić information content (AvgIpc) is 3.08. The van der Waals surface area contributed by atoms with Crippen molar-refractivity contribution in [1.29, 1.82) is 0 Å². The van der Waals surface area contributed by atoms with Crippen molar-refractivity contribution in [2.75, 3.05) is 14.2 Å². The highest BCUT2D eigenvalue weighted by Crippen LogP contribution is 2.31. The van der Waals surface area contributed by atoms with Crippen molar-refractivity contribution < 1.29 is 19.1 Å². The second-order valence-corrected chi connectivity index (χ2v) is 5.81. The molecule has 0 aliphatic heterocycles. The zero-order valence-electron chi connectivity index (χ0n) is 14.9. The van der Waals surface area contributed by atoms with Crippen LogP contribution in [0.5, 0.6) is 0 Å². The second-order valence-electron chi connectivity index (χ2n) is 5.81. The van der Waals surface area contributed by atoms with E-state index in [0.717, 1.165) is 16.8 Å². The Hall–Kier alpha value is -3.34. The summed E-state index contributed by atoms with van der Waals surface area (Å²) in [5.74, 6) is -1.19. The van der Waals surface area contributed by atoms with Crippen molar-refractivity contribution >= 4 is 11.9 Å². The fourth-order valence-corrected chi connectivity index (χ4v) is 2.86. The van der Waals surface area contributed by atoms with E-state index in [4.69, 9.17) is 9.47 Å². The van der Waals surface area contributed by atoms with Gasteiger partial charge >= 0.3 is 11.9 Å². The summed E-state index contributed by atoms with van der Waals surface area (Å²) in [4.78, 5) is 24.8. The minimum Gasteiger partial charge on any atom is -0.465 e. The number of ether oxygens (including phenoxy) is 2. The lowest BCUT2D eigenvalue weighted by Gasteiger charge is -2.13. The molecular formula is C21H19NO4. The summed E-state index contributed by atoms with van der Waals surface area (Å²) < 4.78 is 11.5. The molecule has 0 saturated heterocycles. The molecule has 5 heteroatoms. The van der Waals surface area contributed by atoms with Crippen molar-refractivity contribution in [3.05, 3.63) is 77.5 Å². The highest BCUT2D eigenvalue weighted by molar-refractivity contribution is 6.04. The van der Waals surface area contributed by atoms with Crippen molar-refractivity contribution in [2.45, 2.75) is 6.92 Å². The smallest absolute Gasteiger partial charge is 0.355 e. The summed E-state index contributed by atoms with van der Waals surface area (Å²) in [7, 11) is 2.58. The first-order valence-corrected chi connectivity index (χ1v) is 8.11. The van der Waals surface area contributed by atoms with E-state index in [9.17, 15) is 9.59 Å². The molecule has 5 nitrogen and oxygen atoms in total. The Morgan fingerprint density at radius 2 is 1.46 bits per heavy atom. The van der Waals surface area contributed by atoms with E-state index >= 15 is 0 Å². The summed E-state index contributed by atoms with van der Waals surface area (Å²) in [6.07, 6.45) is 0. The van der Waals surface area contributed by atoms with Crippen molar-refractivity contribution in [1.82, 2.24) is 4.57 Å². The van der Waals surface area contributed by atoms with E-state index in [1.165, 1.54) is 14.2 Å². The minimum atomic E-state index is -0.604. The average molecular weight is 349 g/mol. The maximum atomic E-state index is 12.5. The number of carbonyl (C=O) groups excluding carboxylic acids is 2. The Morgan fingerprint density at radius 1 is 0.846 bits per heavy atom. The van der Waals surface area contributed by atoms with E-state index in [1.54, 1.807) is 10.6 Å². The predicted molar refractivity (Wildman–Crippen MR) is 98.6 cm³/mol. The standard InChI is InChI=1S/C21H19NO4/c1-14-9-11-16(12-10-14)22-18(15-7-5-4-6-8-15)13-17(20(23)25-2)19(22)21(24)26-3/h4-13H,1-3H3. The molecule has 0 fully saturated rings. The number of aromatic nitrogens is 1. The molecule has 132 valence electrons. The molecule has 0 saturated carbocycles. The number of nitrogens with zero attached hydrogens (tertiary/aromatic N) is 1. The summed E-state index contributed by atoms with van der Waals surface area (Å²) in [5.41, 5.74) is 3.73. The zero-order valence-corrected chi connectivity index (χ0v) is 14.9. The third kappa shape index (κ3) is 3.11. The number of methoxy groups -OCH3 is 2. The normalized spacial score (nSPS) is 10.4. The number of benzene rings is 2. The second kappa shape index (κ2) is 7.27. The Bertz CT molecular complexity index is 940. The molecule has 0 atom stereocenters. The van der Waals surface area contributed by atoms with Gasteiger partial charge in [-0.3, -0.25) is 0 Å². The third-order valence-corrected chi connectivity index (χ3v) is 4.15. The molecule has 0 unspecified atom stereocenters. The Morgan fingerprint density at radius 3 is 2.04 bits per heavy atom. The summed E-state index contributed by atoms with van der Waals surface area (Å²) in [5, 5.41) is 0. The maximum absolute atomic E-state index is 12.5. The number of rotatable bonds is 4. The van der Waals surface area contributed by atoms with E-state index in [1.807, 2.05) is 61.5 Å². The monoisotopic (exact) mass is 349 g/mol. The van der Waals surface area contributed by atoms with Crippen LogP contribution < -0.4 is 0 Å². The van der Waals surface area contributed by atoms with Gasteiger partial charge in [-0.05, 0) is 30.7 Å². The van der Waals surface area contributed by atoms with E-state index < -0.39 is 11.9 Å². The van der Waals surface area contributed by atoms with Gasteiger partial charge in [0.15, 0.2) is 0 Å². The topological polar surface area (TPSA) is 57.5 Å². The fraction of sp³-hybridized carbons (Fsp3) is 0.143. The Balaban J connectivity index is 2.36. The van der Waals surface area contributed by atoms with Crippen LogP contribution >= 0.6 is 0 Å². The molecule has 0 bridgehead atoms. The first-order chi connectivity index (χ1) is 12.6. The van der Waals surface area contributed by atoms with Crippen LogP contribution in [0.2, 0.25) is 0 Å². The number of hydrogen-bond donors (Lipinski definition) is 0. The molecule has 0 amide bonds. The van der Waals surface area contributed by atoms with Crippen LogP contribution in [0.15, 0.2) is 60.7 Å². The van der Waals surface area contributed by atoms with Gasteiger partial charge in [0.2, 0.25) is 0 Å². The van der Waals surface area contributed by atoms with Gasteiger partial charge in [-0.15, -0.1) is 0 Å². The minimum absolute atomic E-state index is 0.141. The van der Waals surface area contributed by atoms with Gasteiger partial charge in [-0.25, -0.2) is 9.59 Å². The summed E-state index contributed by atoms with van der Waals surface area (Å²) >= 11 is 0. The van der Waals surface area contributed by atoms with Gasteiger partial charge in [0.25, 0.3) is 0 Å². The molecule has 0 spiro atoms. The predicted octanol–water partition coefficient (Wildman–Crippen LogP) is 4.03. The lowest BCUT2D eigenvalue weighted by atomic mass is 10.1. The van der Waals surface area contributed by atoms with Gasteiger partial charge in [0.1, 0.15) is 5.69 Å². The first kappa shape index (κ1) is 17.5. The molecule has 3 rings (SSSR count). The van der Waals surface area contributed by atoms with Crippen LogP contribution in [-0.2, 0) is 9.47 Å². The van der Waals surface area contributed by atoms with Crippen LogP contribution in [0.3, 0.4) is 0 Å². The van der Waals surface area contributed by atoms with Crippen LogP contribution in [-0.4, -0.2) is 30.7 Å². The van der Waals surface area contributed by atoms with Gasteiger partial charge in [-0.1, -0.05) is 48.0 Å². The molecule has 0 radical (unpaired) electrons. The van der Waals surface area contributed by atoms with E-state index in [-0.39, 0.29) is 11.3 Å². The van der Waals surface area contributed by atoms with Crippen LogP contribution in [0.25, 0.3) is 16.9 Å². The number of esters is 2. The molecule has 2 aromatic carbocycles. The zero-order chi connectivity index (χ0) is 18.7. The van der Waals surface area contributed by atoms with Crippen LogP contribution in [0.1, 0.15) is 26.4 Å². The Kier molecular flexibility index (Phi) is 4.89. The maximum Gasteiger partial charge on any atom is 0.355 e. The number of aryl methyl sites for hydroxylation is 1. The number of carbonyl (C=O) groups is 2. The SMILES string of the molecule is COC(=O)c1cc(-c2ccccc2)n(-c2ccc(C)cc2)c1C(=O)OC.